The molecule has 0 spiro atoms. The lowest BCUT2D eigenvalue weighted by Gasteiger charge is -2.22. The predicted octanol–water partition coefficient (Wildman–Crippen LogP) is 4.00. The first-order valence-electron chi connectivity index (χ1n) is 10.7. The third-order valence-corrected chi connectivity index (χ3v) is 5.98. The third-order valence-electron chi connectivity index (χ3n) is 5.98. The molecule has 1 aromatic carbocycles. The summed E-state index contributed by atoms with van der Waals surface area (Å²) in [4.78, 5) is 38.5. The molecule has 1 saturated heterocycles. The van der Waals surface area contributed by atoms with Crippen molar-refractivity contribution in [3.8, 4) is 0 Å². The Balaban J connectivity index is 1.83. The first kappa shape index (κ1) is 23.5. The van der Waals surface area contributed by atoms with Crippen molar-refractivity contribution >= 4 is 24.3 Å². The molecule has 3 rings (SSSR count). The Labute approximate surface area is 187 Å². The van der Waals surface area contributed by atoms with Crippen molar-refractivity contribution in [2.75, 3.05) is 7.11 Å². The van der Waals surface area contributed by atoms with E-state index in [0.717, 1.165) is 23.0 Å². The minimum absolute atomic E-state index is 0.172. The summed E-state index contributed by atoms with van der Waals surface area (Å²) in [5, 5.41) is 0. The lowest BCUT2D eigenvalue weighted by atomic mass is 9.89. The monoisotopic (exact) mass is 439 g/mol. The molecule has 0 saturated carbocycles. The predicted molar refractivity (Wildman–Crippen MR) is 119 cm³/mol. The van der Waals surface area contributed by atoms with Crippen LogP contribution in [0.2, 0.25) is 0 Å². The fraction of sp³-hybridized carbons (Fsp3) is 0.400. The first-order chi connectivity index (χ1) is 15.3. The largest absolute Gasteiger partial charge is 0.469 e. The number of benzene rings is 1. The van der Waals surface area contributed by atoms with Crippen molar-refractivity contribution in [3.63, 3.8) is 0 Å². The van der Waals surface area contributed by atoms with Crippen molar-refractivity contribution in [1.29, 1.82) is 0 Å². The molecule has 0 amide bonds. The van der Waals surface area contributed by atoms with Crippen LogP contribution in [0.25, 0.3) is 6.08 Å². The highest BCUT2D eigenvalue weighted by molar-refractivity contribution is 5.81. The lowest BCUT2D eigenvalue weighted by Crippen LogP contribution is -2.26. The zero-order valence-electron chi connectivity index (χ0n) is 18.8. The van der Waals surface area contributed by atoms with Crippen molar-refractivity contribution in [2.45, 2.75) is 46.3 Å². The molecule has 0 unspecified atom stereocenters. The van der Waals surface area contributed by atoms with Gasteiger partial charge in [0.05, 0.1) is 37.4 Å². The van der Waals surface area contributed by atoms with Gasteiger partial charge in [0.2, 0.25) is 0 Å². The minimum atomic E-state index is -0.355. The van der Waals surface area contributed by atoms with E-state index < -0.39 is 0 Å². The van der Waals surface area contributed by atoms with Gasteiger partial charge in [-0.25, -0.2) is 0 Å². The van der Waals surface area contributed by atoms with Crippen LogP contribution in [-0.4, -0.2) is 36.4 Å². The summed E-state index contributed by atoms with van der Waals surface area (Å²) in [6.45, 7) is 6.06. The van der Waals surface area contributed by atoms with E-state index >= 15 is 0 Å². The van der Waals surface area contributed by atoms with Gasteiger partial charge in [-0.3, -0.25) is 14.4 Å². The maximum atomic E-state index is 12.4. The van der Waals surface area contributed by atoms with E-state index in [1.807, 2.05) is 51.1 Å². The van der Waals surface area contributed by atoms with Crippen LogP contribution in [0.5, 0.6) is 0 Å². The summed E-state index contributed by atoms with van der Waals surface area (Å²) < 4.78 is 16.3. The molecule has 3 atom stereocenters. The van der Waals surface area contributed by atoms with Crippen LogP contribution >= 0.6 is 0 Å². The second-order valence-electron chi connectivity index (χ2n) is 8.03. The zero-order valence-corrected chi connectivity index (χ0v) is 18.8. The van der Waals surface area contributed by atoms with Gasteiger partial charge in [-0.2, -0.15) is 0 Å². The van der Waals surface area contributed by atoms with Crippen LogP contribution in [0.15, 0.2) is 36.1 Å². The summed E-state index contributed by atoms with van der Waals surface area (Å²) in [7, 11) is 1.33. The van der Waals surface area contributed by atoms with Crippen LogP contribution in [0, 0.1) is 18.8 Å². The average molecular weight is 440 g/mol. The molecule has 1 aliphatic rings. The van der Waals surface area contributed by atoms with E-state index in [1.165, 1.54) is 7.11 Å². The maximum Gasteiger partial charge on any atom is 0.314 e. The highest BCUT2D eigenvalue weighted by Gasteiger charge is 2.42. The Morgan fingerprint density at radius 2 is 1.97 bits per heavy atom. The number of aldehydes is 1. The van der Waals surface area contributed by atoms with E-state index in [9.17, 15) is 14.4 Å². The average Bonchev–Trinajstić information content (AvgIpc) is 3.26. The Bertz CT molecular complexity index is 1010. The summed E-state index contributed by atoms with van der Waals surface area (Å²) >= 11 is 0. The zero-order chi connectivity index (χ0) is 23.3. The number of nitrogens with one attached hydrogen (secondary N) is 1. The molecular formula is C25H29NO6. The molecule has 2 heterocycles. The molecule has 32 heavy (non-hydrogen) atoms. The van der Waals surface area contributed by atoms with Gasteiger partial charge < -0.3 is 19.2 Å². The number of esters is 2. The minimum Gasteiger partial charge on any atom is -0.469 e. The number of rotatable bonds is 9. The number of aromatic amines is 1. The molecule has 1 aromatic heterocycles. The van der Waals surface area contributed by atoms with E-state index in [0.29, 0.717) is 30.2 Å². The number of aromatic nitrogens is 1. The second kappa shape index (κ2) is 10.4. The molecule has 7 heteroatoms. The van der Waals surface area contributed by atoms with Crippen molar-refractivity contribution in [1.82, 2.24) is 4.98 Å². The van der Waals surface area contributed by atoms with Crippen molar-refractivity contribution < 1.29 is 28.6 Å². The number of hydrogen-bond acceptors (Lipinski definition) is 6. The van der Waals surface area contributed by atoms with Gasteiger partial charge in [0.15, 0.2) is 6.29 Å². The Kier molecular flexibility index (Phi) is 7.64. The SMILES string of the molecule is COC(=O)CCc1c(C=O)[nH]c(/C=C2\OC(=O)[C@H](C)[C@H]2[C@H](C)OCc2ccccc2)c1C. The van der Waals surface area contributed by atoms with E-state index in [-0.39, 0.29) is 36.3 Å². The smallest absolute Gasteiger partial charge is 0.314 e. The summed E-state index contributed by atoms with van der Waals surface area (Å²) in [6.07, 6.45) is 2.78. The standard InChI is InChI=1S/C25H29NO6/c1-15-19(10-11-23(28)30-4)21(13-27)26-20(15)12-22-24(16(2)25(29)32-22)17(3)31-14-18-8-6-5-7-9-18/h5-9,12-13,16-17,24,26H,10-11,14H2,1-4H3/b22-12-/t16-,17+,24+/m1/s1. The first-order valence-corrected chi connectivity index (χ1v) is 10.7. The van der Waals surface area contributed by atoms with Gasteiger partial charge in [0, 0.05) is 18.2 Å². The third kappa shape index (κ3) is 5.16. The lowest BCUT2D eigenvalue weighted by molar-refractivity contribution is -0.140. The fourth-order valence-electron chi connectivity index (χ4n) is 4.06. The molecule has 0 bridgehead atoms. The summed E-state index contributed by atoms with van der Waals surface area (Å²) in [5.74, 6) is -0.754. The van der Waals surface area contributed by atoms with Crippen molar-refractivity contribution in [2.24, 2.45) is 11.8 Å². The van der Waals surface area contributed by atoms with Crippen LogP contribution in [0.4, 0.5) is 0 Å². The Morgan fingerprint density at radius 3 is 2.62 bits per heavy atom. The van der Waals surface area contributed by atoms with Crippen LogP contribution in [-0.2, 0) is 36.8 Å². The molecule has 0 radical (unpaired) electrons. The van der Waals surface area contributed by atoms with Gasteiger partial charge in [-0.15, -0.1) is 0 Å². The number of ether oxygens (including phenoxy) is 3. The van der Waals surface area contributed by atoms with E-state index in [1.54, 1.807) is 6.08 Å². The molecule has 170 valence electrons. The number of cyclic esters (lactones) is 1. The maximum absolute atomic E-state index is 12.4. The molecule has 2 aromatic rings. The summed E-state index contributed by atoms with van der Waals surface area (Å²) in [5.41, 5.74) is 3.70. The fourth-order valence-corrected chi connectivity index (χ4v) is 4.06. The Morgan fingerprint density at radius 1 is 1.25 bits per heavy atom. The molecule has 1 fully saturated rings. The topological polar surface area (TPSA) is 94.7 Å². The molecule has 0 aliphatic carbocycles. The number of carbonyl (C=O) groups is 3. The summed E-state index contributed by atoms with van der Waals surface area (Å²) in [6, 6.07) is 9.83. The number of carbonyl (C=O) groups excluding carboxylic acids is 3. The molecule has 7 nitrogen and oxygen atoms in total. The van der Waals surface area contributed by atoms with E-state index in [4.69, 9.17) is 14.2 Å². The second-order valence-corrected chi connectivity index (χ2v) is 8.03. The molecule has 1 N–H and O–H groups in total. The van der Waals surface area contributed by atoms with Crippen LogP contribution in [0.1, 0.15) is 53.1 Å². The molecule has 1 aliphatic heterocycles. The van der Waals surface area contributed by atoms with Crippen LogP contribution in [0.3, 0.4) is 0 Å². The quantitative estimate of drug-likeness (QED) is 0.469. The highest BCUT2D eigenvalue weighted by atomic mass is 16.6. The highest BCUT2D eigenvalue weighted by Crippen LogP contribution is 2.37. The normalized spacial score (nSPS) is 20.2. The number of H-pyrrole nitrogens is 1. The van der Waals surface area contributed by atoms with Gasteiger partial charge in [0.1, 0.15) is 5.76 Å². The molecular weight excluding hydrogens is 410 g/mol. The number of methoxy groups -OCH3 is 1. The Hall–Kier alpha value is -3.19. The van der Waals surface area contributed by atoms with Gasteiger partial charge >= 0.3 is 11.9 Å². The van der Waals surface area contributed by atoms with Gasteiger partial charge in [-0.1, -0.05) is 37.3 Å². The van der Waals surface area contributed by atoms with Gasteiger partial charge in [-0.05, 0) is 37.0 Å². The van der Waals surface area contributed by atoms with E-state index in [2.05, 4.69) is 4.98 Å². The number of hydrogen-bond donors (Lipinski definition) is 1. The van der Waals surface area contributed by atoms with Crippen LogP contribution < -0.4 is 0 Å². The van der Waals surface area contributed by atoms with Crippen molar-refractivity contribution in [3.05, 3.63) is 64.2 Å². The van der Waals surface area contributed by atoms with Gasteiger partial charge in [0.25, 0.3) is 0 Å².